The highest BCUT2D eigenvalue weighted by molar-refractivity contribution is 5.83. The molecule has 0 spiro atoms. The van der Waals surface area contributed by atoms with E-state index in [1.807, 2.05) is 47.0 Å². The summed E-state index contributed by atoms with van der Waals surface area (Å²) >= 11 is 0. The third-order valence-electron chi connectivity index (χ3n) is 9.20. The fraction of sp³-hybridized carbons (Fsp3) is 0.387. The Labute approximate surface area is 236 Å². The van der Waals surface area contributed by atoms with Gasteiger partial charge in [0.2, 0.25) is 5.91 Å². The van der Waals surface area contributed by atoms with Crippen LogP contribution in [-0.4, -0.2) is 38.0 Å². The van der Waals surface area contributed by atoms with Gasteiger partial charge in [0.25, 0.3) is 11.2 Å². The second kappa shape index (κ2) is 9.57. The molecule has 2 aromatic heterocycles. The number of non-ortho nitro benzene ring substituents is 1. The van der Waals surface area contributed by atoms with Gasteiger partial charge >= 0.3 is 0 Å². The molecule has 210 valence electrons. The van der Waals surface area contributed by atoms with Crippen LogP contribution in [-0.2, 0) is 17.8 Å². The molecule has 2 bridgehead atoms. The van der Waals surface area contributed by atoms with Crippen LogP contribution in [0.5, 0.6) is 0 Å². The molecule has 10 nitrogen and oxygen atoms in total. The first-order chi connectivity index (χ1) is 19.8. The third-order valence-corrected chi connectivity index (χ3v) is 9.20. The Hall–Kier alpha value is -4.47. The summed E-state index contributed by atoms with van der Waals surface area (Å²) in [6, 6.07) is 17.8. The molecule has 5 atom stereocenters. The number of H-pyrrole nitrogens is 1. The minimum atomic E-state index is -0.443. The molecule has 5 heterocycles. The van der Waals surface area contributed by atoms with Crippen molar-refractivity contribution < 1.29 is 9.72 Å². The average Bonchev–Trinajstić information content (AvgIpc) is 3.39. The number of nitrogens with zero attached hydrogens (tertiary/aromatic N) is 4. The maximum atomic E-state index is 14.3. The first-order valence-electron chi connectivity index (χ1n) is 14.3. The standard InChI is InChI=1S/C31H32N6O4/c1-17(2)28(30-32-23-6-3-4-7-24(23)33-30)34-31(39)22-14-18-13-21(37(40)41)10-11-26(18)36-15-19-12-20(29(22)36)16-35-25(19)8-5-9-27(35)38/h3-11,13,17,19-20,22,28-29H,12,14-16H2,1-2H3,(H,32,33)(H,34,39)/t19-,20+,22+,28-,29-/m0/s1. The number of imidazole rings is 1. The van der Waals surface area contributed by atoms with E-state index in [0.717, 1.165) is 34.4 Å². The molecule has 3 aliphatic rings. The van der Waals surface area contributed by atoms with E-state index in [0.29, 0.717) is 25.3 Å². The summed E-state index contributed by atoms with van der Waals surface area (Å²) in [7, 11) is 0. The Morgan fingerprint density at radius 2 is 1.95 bits per heavy atom. The summed E-state index contributed by atoms with van der Waals surface area (Å²) in [5.74, 6) is 0.471. The molecule has 0 radical (unpaired) electrons. The Kier molecular flexibility index (Phi) is 5.95. The fourth-order valence-electron chi connectivity index (χ4n) is 7.38. The lowest BCUT2D eigenvalue weighted by Crippen LogP contribution is -2.61. The van der Waals surface area contributed by atoms with Crippen molar-refractivity contribution in [1.29, 1.82) is 0 Å². The molecular formula is C31H32N6O4. The zero-order valence-corrected chi connectivity index (χ0v) is 23.0. The summed E-state index contributed by atoms with van der Waals surface area (Å²) < 4.78 is 1.88. The number of fused-ring (bicyclic) bond motifs is 9. The summed E-state index contributed by atoms with van der Waals surface area (Å²) in [5.41, 5.74) is 4.55. The van der Waals surface area contributed by atoms with E-state index in [2.05, 4.69) is 29.0 Å². The van der Waals surface area contributed by atoms with Gasteiger partial charge in [-0.05, 0) is 54.5 Å². The van der Waals surface area contributed by atoms with Crippen LogP contribution in [0, 0.1) is 27.9 Å². The highest BCUT2D eigenvalue weighted by Crippen LogP contribution is 2.48. The van der Waals surface area contributed by atoms with E-state index in [1.54, 1.807) is 18.2 Å². The molecule has 41 heavy (non-hydrogen) atoms. The van der Waals surface area contributed by atoms with E-state index in [9.17, 15) is 19.7 Å². The monoisotopic (exact) mass is 552 g/mol. The lowest BCUT2D eigenvalue weighted by Gasteiger charge is -2.54. The van der Waals surface area contributed by atoms with Crippen molar-refractivity contribution in [3.05, 3.63) is 98.2 Å². The maximum absolute atomic E-state index is 14.3. The van der Waals surface area contributed by atoms with Crippen LogP contribution in [0.15, 0.2) is 65.5 Å². The molecule has 0 saturated carbocycles. The highest BCUT2D eigenvalue weighted by Gasteiger charge is 2.49. The average molecular weight is 553 g/mol. The number of rotatable bonds is 5. The van der Waals surface area contributed by atoms with Gasteiger partial charge in [-0.15, -0.1) is 0 Å². The molecule has 3 aliphatic heterocycles. The maximum Gasteiger partial charge on any atom is 0.269 e. The van der Waals surface area contributed by atoms with Crippen molar-refractivity contribution in [2.24, 2.45) is 17.8 Å². The number of amides is 1. The predicted molar refractivity (Wildman–Crippen MR) is 155 cm³/mol. The van der Waals surface area contributed by atoms with E-state index in [4.69, 9.17) is 4.98 Å². The van der Waals surface area contributed by atoms with Crippen LogP contribution >= 0.6 is 0 Å². The van der Waals surface area contributed by atoms with Crippen LogP contribution in [0.2, 0.25) is 0 Å². The topological polar surface area (TPSA) is 126 Å². The van der Waals surface area contributed by atoms with Gasteiger partial charge in [-0.1, -0.05) is 32.0 Å². The lowest BCUT2D eigenvalue weighted by molar-refractivity contribution is -0.384. The van der Waals surface area contributed by atoms with E-state index < -0.39 is 5.92 Å². The number of hydrogen-bond donors (Lipinski definition) is 2. The summed E-state index contributed by atoms with van der Waals surface area (Å²) in [5, 5.41) is 14.9. The summed E-state index contributed by atoms with van der Waals surface area (Å²) in [4.78, 5) is 48.8. The van der Waals surface area contributed by atoms with Crippen molar-refractivity contribution in [2.75, 3.05) is 11.4 Å². The third kappa shape index (κ3) is 4.20. The molecule has 1 fully saturated rings. The first kappa shape index (κ1) is 25.5. The number of benzene rings is 2. The van der Waals surface area contributed by atoms with Gasteiger partial charge < -0.3 is 19.8 Å². The zero-order chi connectivity index (χ0) is 28.4. The number of piperidine rings is 1. The smallest absolute Gasteiger partial charge is 0.269 e. The highest BCUT2D eigenvalue weighted by atomic mass is 16.6. The van der Waals surface area contributed by atoms with Crippen LogP contribution in [0.3, 0.4) is 0 Å². The molecule has 2 N–H and O–H groups in total. The fourth-order valence-corrected chi connectivity index (χ4v) is 7.38. The number of hydrogen-bond acceptors (Lipinski definition) is 6. The number of nitro groups is 1. The number of pyridine rings is 1. The SMILES string of the molecule is CC(C)[C@H](NC(=O)[C@@H]1Cc2cc([N+](=O)[O-])ccc2N2C[C@@H]3C[C@H](Cn4c3cccc4=O)[C@@H]12)c1nc2ccccc2[nH]1. The molecular weight excluding hydrogens is 520 g/mol. The Bertz CT molecular complexity index is 1710. The number of aromatic nitrogens is 3. The number of nitro benzene ring substituents is 1. The lowest BCUT2D eigenvalue weighted by atomic mass is 9.70. The Balaban J connectivity index is 1.28. The van der Waals surface area contributed by atoms with Crippen molar-refractivity contribution in [1.82, 2.24) is 19.9 Å². The molecule has 1 amide bonds. The number of nitrogens with one attached hydrogen (secondary N) is 2. The molecule has 7 rings (SSSR count). The minimum absolute atomic E-state index is 0.0109. The second-order valence-electron chi connectivity index (χ2n) is 12.0. The van der Waals surface area contributed by atoms with Crippen LogP contribution < -0.4 is 15.8 Å². The van der Waals surface area contributed by atoms with Gasteiger partial charge in [-0.2, -0.15) is 0 Å². The number of aromatic amines is 1. The van der Waals surface area contributed by atoms with Crippen LogP contribution in [0.4, 0.5) is 11.4 Å². The zero-order valence-electron chi connectivity index (χ0n) is 23.0. The summed E-state index contributed by atoms with van der Waals surface area (Å²) in [6.45, 7) is 5.31. The van der Waals surface area contributed by atoms with Crippen LogP contribution in [0.1, 0.15) is 49.3 Å². The van der Waals surface area contributed by atoms with E-state index >= 15 is 0 Å². The van der Waals surface area contributed by atoms with Crippen molar-refractivity contribution in [3.63, 3.8) is 0 Å². The van der Waals surface area contributed by atoms with Crippen molar-refractivity contribution in [2.45, 2.75) is 51.2 Å². The van der Waals surface area contributed by atoms with Gasteiger partial charge in [0.15, 0.2) is 0 Å². The quantitative estimate of drug-likeness (QED) is 0.281. The Morgan fingerprint density at radius 1 is 1.12 bits per heavy atom. The molecule has 0 unspecified atom stereocenters. The van der Waals surface area contributed by atoms with Gasteiger partial charge in [-0.3, -0.25) is 19.7 Å². The van der Waals surface area contributed by atoms with Gasteiger partial charge in [-0.25, -0.2) is 4.98 Å². The number of carbonyl (C=O) groups excluding carboxylic acids is 1. The largest absolute Gasteiger partial charge is 0.366 e. The number of anilines is 1. The predicted octanol–water partition coefficient (Wildman–Crippen LogP) is 4.31. The Morgan fingerprint density at radius 3 is 2.73 bits per heavy atom. The molecule has 10 heteroatoms. The van der Waals surface area contributed by atoms with E-state index in [1.165, 1.54) is 0 Å². The second-order valence-corrected chi connectivity index (χ2v) is 12.0. The first-order valence-corrected chi connectivity index (χ1v) is 14.3. The van der Waals surface area contributed by atoms with E-state index in [-0.39, 0.29) is 51.9 Å². The van der Waals surface area contributed by atoms with Crippen LogP contribution in [0.25, 0.3) is 11.0 Å². The molecule has 1 saturated heterocycles. The van der Waals surface area contributed by atoms with Crippen molar-refractivity contribution in [3.8, 4) is 0 Å². The van der Waals surface area contributed by atoms with Gasteiger partial charge in [0.1, 0.15) is 5.82 Å². The molecule has 4 aromatic rings. The van der Waals surface area contributed by atoms with Crippen molar-refractivity contribution >= 4 is 28.3 Å². The molecule has 2 aromatic carbocycles. The summed E-state index contributed by atoms with van der Waals surface area (Å²) in [6.07, 6.45) is 1.29. The van der Waals surface area contributed by atoms with Gasteiger partial charge in [0.05, 0.1) is 27.9 Å². The van der Waals surface area contributed by atoms with Gasteiger partial charge in [0, 0.05) is 54.6 Å². The molecule has 0 aliphatic carbocycles. The minimum Gasteiger partial charge on any atom is -0.366 e. The number of para-hydroxylation sites is 2. The number of carbonyl (C=O) groups is 1. The normalized spacial score (nSPS) is 23.4.